The van der Waals surface area contributed by atoms with Crippen molar-refractivity contribution in [2.45, 2.75) is 0 Å². The highest BCUT2D eigenvalue weighted by Crippen LogP contribution is 2.25. The molecule has 0 spiro atoms. The molecule has 2 aromatic carbocycles. The Balaban J connectivity index is 1.55. The first-order valence-corrected chi connectivity index (χ1v) is 10.4. The number of hydrogen-bond donors (Lipinski definition) is 3. The van der Waals surface area contributed by atoms with E-state index in [0.29, 0.717) is 32.0 Å². The highest BCUT2D eigenvalue weighted by Gasteiger charge is 2.11. The van der Waals surface area contributed by atoms with Gasteiger partial charge in [0, 0.05) is 16.9 Å². The van der Waals surface area contributed by atoms with Crippen LogP contribution in [0.1, 0.15) is 20.0 Å². The molecule has 0 aliphatic rings. The lowest BCUT2D eigenvalue weighted by molar-refractivity contribution is 0.0976. The van der Waals surface area contributed by atoms with Gasteiger partial charge in [-0.3, -0.25) is 14.9 Å². The topological polar surface area (TPSA) is 79.5 Å². The quantitative estimate of drug-likeness (QED) is 0.444. The Hall–Kier alpha value is -2.75. The number of ether oxygens (including phenoxy) is 1. The van der Waals surface area contributed by atoms with E-state index in [9.17, 15) is 9.59 Å². The van der Waals surface area contributed by atoms with Gasteiger partial charge in [0.15, 0.2) is 5.11 Å². The molecule has 148 valence electrons. The molecule has 3 rings (SSSR count). The minimum atomic E-state index is -0.342. The zero-order chi connectivity index (χ0) is 20.8. The molecule has 6 nitrogen and oxygen atoms in total. The molecule has 0 aliphatic carbocycles. The number of carbonyl (C=O) groups is 2. The van der Waals surface area contributed by atoms with E-state index in [-0.39, 0.29) is 16.9 Å². The molecule has 29 heavy (non-hydrogen) atoms. The van der Waals surface area contributed by atoms with Gasteiger partial charge in [-0.25, -0.2) is 0 Å². The average Bonchev–Trinajstić information content (AvgIpc) is 3.24. The van der Waals surface area contributed by atoms with Crippen molar-refractivity contribution in [3.63, 3.8) is 0 Å². The van der Waals surface area contributed by atoms with E-state index in [1.807, 2.05) is 11.4 Å². The summed E-state index contributed by atoms with van der Waals surface area (Å²) in [5.74, 6) is 0.133. The second-order valence-electron chi connectivity index (χ2n) is 5.77. The van der Waals surface area contributed by atoms with E-state index in [0.717, 1.165) is 0 Å². The van der Waals surface area contributed by atoms with Gasteiger partial charge in [-0.1, -0.05) is 6.07 Å². The number of hydrogen-bond acceptors (Lipinski definition) is 5. The molecule has 0 saturated heterocycles. The van der Waals surface area contributed by atoms with Crippen molar-refractivity contribution < 1.29 is 14.3 Å². The maximum atomic E-state index is 12.3. The third kappa shape index (κ3) is 5.63. The molecule has 3 N–H and O–H groups in total. The van der Waals surface area contributed by atoms with Crippen LogP contribution in [0.4, 0.5) is 11.4 Å². The van der Waals surface area contributed by atoms with E-state index in [1.165, 1.54) is 11.3 Å². The van der Waals surface area contributed by atoms with Gasteiger partial charge in [0.2, 0.25) is 0 Å². The first kappa shape index (κ1) is 21.0. The number of halogens is 1. The van der Waals surface area contributed by atoms with Crippen LogP contribution in [-0.4, -0.2) is 24.0 Å². The number of benzene rings is 2. The lowest BCUT2D eigenvalue weighted by atomic mass is 10.2. The average molecular weight is 490 g/mol. The maximum absolute atomic E-state index is 12.3. The van der Waals surface area contributed by atoms with Crippen molar-refractivity contribution in [3.05, 3.63) is 74.9 Å². The Morgan fingerprint density at radius 1 is 1.00 bits per heavy atom. The van der Waals surface area contributed by atoms with E-state index in [4.69, 9.17) is 17.0 Å². The molecule has 2 amide bonds. The molecule has 1 heterocycles. The summed E-state index contributed by atoms with van der Waals surface area (Å²) in [5.41, 5.74) is 1.78. The van der Waals surface area contributed by atoms with Crippen LogP contribution in [0.3, 0.4) is 0 Å². The summed E-state index contributed by atoms with van der Waals surface area (Å²) in [6.45, 7) is 0. The third-order valence-corrected chi connectivity index (χ3v) is 5.48. The molecule has 0 saturated carbocycles. The van der Waals surface area contributed by atoms with Crippen LogP contribution in [0.2, 0.25) is 0 Å². The standard InChI is InChI=1S/C20H16BrN3O3S2/c1-27-16-9-4-12(11-15(16)21)18(25)24-20(28)23-14-7-5-13(6-8-14)22-19(26)17-3-2-10-29-17/h2-11H,1H3,(H,22,26)(H2,23,24,25,28). The van der Waals surface area contributed by atoms with Crippen molar-refractivity contribution in [1.29, 1.82) is 0 Å². The largest absolute Gasteiger partial charge is 0.496 e. The Kier molecular flexibility index (Phi) is 6.97. The van der Waals surface area contributed by atoms with Crippen molar-refractivity contribution in [2.75, 3.05) is 17.7 Å². The Morgan fingerprint density at radius 2 is 1.69 bits per heavy atom. The summed E-state index contributed by atoms with van der Waals surface area (Å²) < 4.78 is 5.82. The molecule has 0 unspecified atom stereocenters. The smallest absolute Gasteiger partial charge is 0.265 e. The Bertz CT molecular complexity index is 1040. The molecule has 1 aromatic heterocycles. The van der Waals surface area contributed by atoms with Gasteiger partial charge in [-0.05, 0) is 82.1 Å². The van der Waals surface area contributed by atoms with Gasteiger partial charge >= 0.3 is 0 Å². The predicted molar refractivity (Wildman–Crippen MR) is 123 cm³/mol. The first-order valence-electron chi connectivity index (χ1n) is 8.37. The van der Waals surface area contributed by atoms with Crippen LogP contribution in [0, 0.1) is 0 Å². The monoisotopic (exact) mass is 489 g/mol. The molecular formula is C20H16BrN3O3S2. The first-order chi connectivity index (χ1) is 14.0. The lowest BCUT2D eigenvalue weighted by Gasteiger charge is -2.11. The summed E-state index contributed by atoms with van der Waals surface area (Å²) in [7, 11) is 1.55. The van der Waals surface area contributed by atoms with Crippen molar-refractivity contribution >= 4 is 67.8 Å². The van der Waals surface area contributed by atoms with Crippen LogP contribution in [0.25, 0.3) is 0 Å². The fraction of sp³-hybridized carbons (Fsp3) is 0.0500. The Morgan fingerprint density at radius 3 is 2.28 bits per heavy atom. The van der Waals surface area contributed by atoms with Gasteiger partial charge < -0.3 is 15.4 Å². The minimum Gasteiger partial charge on any atom is -0.496 e. The molecule has 0 fully saturated rings. The van der Waals surface area contributed by atoms with Crippen molar-refractivity contribution in [3.8, 4) is 5.75 Å². The highest BCUT2D eigenvalue weighted by molar-refractivity contribution is 9.10. The molecule has 9 heteroatoms. The van der Waals surface area contributed by atoms with Gasteiger partial charge in [0.25, 0.3) is 11.8 Å². The number of thiocarbonyl (C=S) groups is 1. The minimum absolute atomic E-state index is 0.158. The van der Waals surface area contributed by atoms with Crippen LogP contribution in [0.15, 0.2) is 64.5 Å². The summed E-state index contributed by atoms with van der Waals surface area (Å²) in [5, 5.41) is 10.4. The summed E-state index contributed by atoms with van der Waals surface area (Å²) in [6.07, 6.45) is 0. The maximum Gasteiger partial charge on any atom is 0.265 e. The zero-order valence-electron chi connectivity index (χ0n) is 15.2. The second kappa shape index (κ2) is 9.64. The number of amides is 2. The number of nitrogens with one attached hydrogen (secondary N) is 3. The highest BCUT2D eigenvalue weighted by atomic mass is 79.9. The van der Waals surface area contributed by atoms with E-state index in [1.54, 1.807) is 55.6 Å². The van der Waals surface area contributed by atoms with Gasteiger partial charge in [-0.15, -0.1) is 11.3 Å². The predicted octanol–water partition coefficient (Wildman–Crippen LogP) is 4.90. The molecule has 0 atom stereocenters. The SMILES string of the molecule is COc1ccc(C(=O)NC(=S)Nc2ccc(NC(=O)c3cccs3)cc2)cc1Br. The number of anilines is 2. The van der Waals surface area contributed by atoms with Crippen LogP contribution in [0.5, 0.6) is 5.75 Å². The Labute approximate surface area is 185 Å². The van der Waals surface area contributed by atoms with Crippen LogP contribution >= 0.6 is 39.5 Å². The van der Waals surface area contributed by atoms with Crippen LogP contribution < -0.4 is 20.7 Å². The zero-order valence-corrected chi connectivity index (χ0v) is 18.4. The van der Waals surface area contributed by atoms with Crippen LogP contribution in [-0.2, 0) is 0 Å². The van der Waals surface area contributed by atoms with Gasteiger partial charge in [0.05, 0.1) is 16.5 Å². The molecular weight excluding hydrogens is 474 g/mol. The van der Waals surface area contributed by atoms with E-state index in [2.05, 4.69) is 31.9 Å². The van der Waals surface area contributed by atoms with Gasteiger partial charge in [-0.2, -0.15) is 0 Å². The number of methoxy groups -OCH3 is 1. The number of thiophene rings is 1. The number of rotatable bonds is 5. The van der Waals surface area contributed by atoms with E-state index >= 15 is 0 Å². The van der Waals surface area contributed by atoms with E-state index < -0.39 is 0 Å². The van der Waals surface area contributed by atoms with Gasteiger partial charge in [0.1, 0.15) is 5.75 Å². The molecule has 0 radical (unpaired) electrons. The molecule has 0 bridgehead atoms. The molecule has 0 aliphatic heterocycles. The fourth-order valence-corrected chi connectivity index (χ4v) is 3.75. The van der Waals surface area contributed by atoms with Crippen molar-refractivity contribution in [1.82, 2.24) is 5.32 Å². The molecule has 3 aromatic rings. The number of carbonyl (C=O) groups excluding carboxylic acids is 2. The fourth-order valence-electron chi connectivity index (χ4n) is 2.38. The summed E-state index contributed by atoms with van der Waals surface area (Å²) in [6, 6.07) is 15.6. The summed E-state index contributed by atoms with van der Waals surface area (Å²) >= 11 is 9.93. The lowest BCUT2D eigenvalue weighted by Crippen LogP contribution is -2.34. The second-order valence-corrected chi connectivity index (χ2v) is 7.98. The summed E-state index contributed by atoms with van der Waals surface area (Å²) in [4.78, 5) is 25.0. The third-order valence-electron chi connectivity index (χ3n) is 3.79. The van der Waals surface area contributed by atoms with Crippen molar-refractivity contribution in [2.24, 2.45) is 0 Å². The normalized spacial score (nSPS) is 10.1.